The molecule has 19 heavy (non-hydrogen) atoms. The van der Waals surface area contributed by atoms with Gasteiger partial charge in [-0.3, -0.25) is 4.79 Å². The molecule has 1 saturated heterocycles. The van der Waals surface area contributed by atoms with E-state index in [9.17, 15) is 14.7 Å². The van der Waals surface area contributed by atoms with E-state index in [1.54, 1.807) is 21.9 Å². The molecule has 6 heteroatoms. The van der Waals surface area contributed by atoms with E-state index < -0.39 is 12.0 Å². The average molecular weight is 265 g/mol. The van der Waals surface area contributed by atoms with Gasteiger partial charge in [0.2, 0.25) is 0 Å². The lowest BCUT2D eigenvalue weighted by Crippen LogP contribution is -2.43. The molecule has 2 unspecified atom stereocenters. The molecule has 0 spiro atoms. The predicted octanol–water partition coefficient (Wildman–Crippen LogP) is 0.953. The van der Waals surface area contributed by atoms with Crippen LogP contribution in [0.1, 0.15) is 26.7 Å². The molecule has 1 aliphatic rings. The summed E-state index contributed by atoms with van der Waals surface area (Å²) in [5.41, 5.74) is -0.204. The molecule has 1 aromatic rings. The maximum atomic E-state index is 12.3. The number of carbonyl (C=O) groups is 1. The third kappa shape index (κ3) is 2.47. The van der Waals surface area contributed by atoms with Crippen LogP contribution in [0.15, 0.2) is 17.2 Å². The van der Waals surface area contributed by atoms with E-state index >= 15 is 0 Å². The second-order valence-corrected chi connectivity index (χ2v) is 4.99. The molecule has 0 aromatic carbocycles. The van der Waals surface area contributed by atoms with Crippen molar-refractivity contribution >= 4 is 11.8 Å². The SMILES string of the molecule is CCCn1ccnc(N2CCC(C)C2C(=O)O)c1=O. The zero-order valence-corrected chi connectivity index (χ0v) is 11.2. The second kappa shape index (κ2) is 5.42. The lowest BCUT2D eigenvalue weighted by Gasteiger charge is -2.24. The standard InChI is InChI=1S/C13H19N3O3/c1-3-6-15-8-5-14-11(12(15)17)16-7-4-9(2)10(16)13(18)19/h5,8-10H,3-4,6-7H2,1-2H3,(H,18,19). The van der Waals surface area contributed by atoms with Crippen LogP contribution in [0, 0.1) is 5.92 Å². The molecule has 104 valence electrons. The molecule has 1 aromatic heterocycles. The fourth-order valence-corrected chi connectivity index (χ4v) is 2.61. The summed E-state index contributed by atoms with van der Waals surface area (Å²) in [5, 5.41) is 9.30. The van der Waals surface area contributed by atoms with E-state index in [2.05, 4.69) is 4.98 Å². The monoisotopic (exact) mass is 265 g/mol. The van der Waals surface area contributed by atoms with Gasteiger partial charge in [0.1, 0.15) is 6.04 Å². The van der Waals surface area contributed by atoms with E-state index in [4.69, 9.17) is 0 Å². The van der Waals surface area contributed by atoms with Crippen LogP contribution in [0.25, 0.3) is 0 Å². The molecule has 2 atom stereocenters. The molecule has 2 rings (SSSR count). The Bertz CT molecular complexity index is 526. The van der Waals surface area contributed by atoms with Crippen molar-refractivity contribution < 1.29 is 9.90 Å². The van der Waals surface area contributed by atoms with Crippen LogP contribution in [0.3, 0.4) is 0 Å². The molecule has 6 nitrogen and oxygen atoms in total. The van der Waals surface area contributed by atoms with Gasteiger partial charge in [-0.25, -0.2) is 9.78 Å². The minimum Gasteiger partial charge on any atom is -0.480 e. The number of hydrogen-bond donors (Lipinski definition) is 1. The lowest BCUT2D eigenvalue weighted by molar-refractivity contribution is -0.139. The van der Waals surface area contributed by atoms with Crippen LogP contribution < -0.4 is 10.5 Å². The summed E-state index contributed by atoms with van der Waals surface area (Å²) < 4.78 is 1.59. The van der Waals surface area contributed by atoms with Crippen molar-refractivity contribution in [1.29, 1.82) is 0 Å². The van der Waals surface area contributed by atoms with Gasteiger partial charge in [0.05, 0.1) is 0 Å². The summed E-state index contributed by atoms with van der Waals surface area (Å²) in [7, 11) is 0. The number of carboxylic acid groups (broad SMARTS) is 1. The van der Waals surface area contributed by atoms with Crippen molar-refractivity contribution in [3.8, 4) is 0 Å². The molecule has 0 aliphatic carbocycles. The number of aromatic nitrogens is 2. The summed E-state index contributed by atoms with van der Waals surface area (Å²) in [6.45, 7) is 5.07. The molecule has 1 aliphatic heterocycles. The quantitative estimate of drug-likeness (QED) is 0.877. The maximum Gasteiger partial charge on any atom is 0.326 e. The fourth-order valence-electron chi connectivity index (χ4n) is 2.61. The van der Waals surface area contributed by atoms with Gasteiger partial charge in [0.25, 0.3) is 5.56 Å². The van der Waals surface area contributed by atoms with Crippen LogP contribution in [-0.4, -0.2) is 33.2 Å². The number of rotatable bonds is 4. The topological polar surface area (TPSA) is 75.4 Å². The number of anilines is 1. The van der Waals surface area contributed by atoms with Gasteiger partial charge in [-0.2, -0.15) is 0 Å². The van der Waals surface area contributed by atoms with Crippen LogP contribution in [-0.2, 0) is 11.3 Å². The highest BCUT2D eigenvalue weighted by Gasteiger charge is 2.38. The highest BCUT2D eigenvalue weighted by molar-refractivity contribution is 5.78. The average Bonchev–Trinajstić information content (AvgIpc) is 2.74. The first-order chi connectivity index (χ1) is 9.06. The van der Waals surface area contributed by atoms with Crippen molar-refractivity contribution in [2.45, 2.75) is 39.3 Å². The molecule has 2 heterocycles. The van der Waals surface area contributed by atoms with Crippen molar-refractivity contribution in [3.05, 3.63) is 22.7 Å². The van der Waals surface area contributed by atoms with E-state index in [1.807, 2.05) is 13.8 Å². The van der Waals surface area contributed by atoms with Gasteiger partial charge in [0, 0.05) is 25.5 Å². The molecule has 0 radical (unpaired) electrons. The van der Waals surface area contributed by atoms with E-state index in [0.29, 0.717) is 13.1 Å². The molecular formula is C13H19N3O3. The first-order valence-corrected chi connectivity index (χ1v) is 6.61. The van der Waals surface area contributed by atoms with E-state index in [0.717, 1.165) is 12.8 Å². The molecule has 0 amide bonds. The van der Waals surface area contributed by atoms with Crippen molar-refractivity contribution in [1.82, 2.24) is 9.55 Å². The molecule has 0 bridgehead atoms. The van der Waals surface area contributed by atoms with E-state index in [1.165, 1.54) is 0 Å². The first kappa shape index (κ1) is 13.6. The zero-order chi connectivity index (χ0) is 14.0. The number of carboxylic acids is 1. The summed E-state index contributed by atoms with van der Waals surface area (Å²) in [6.07, 6.45) is 4.82. The Hall–Kier alpha value is -1.85. The third-order valence-electron chi connectivity index (χ3n) is 3.59. The minimum atomic E-state index is -0.892. The molecule has 0 saturated carbocycles. The van der Waals surface area contributed by atoms with Gasteiger partial charge in [-0.05, 0) is 18.8 Å². The Morgan fingerprint density at radius 3 is 2.95 bits per heavy atom. The van der Waals surface area contributed by atoms with Gasteiger partial charge >= 0.3 is 5.97 Å². The highest BCUT2D eigenvalue weighted by atomic mass is 16.4. The molecule has 1 N–H and O–H groups in total. The smallest absolute Gasteiger partial charge is 0.326 e. The number of aliphatic carboxylic acids is 1. The summed E-state index contributed by atoms with van der Waals surface area (Å²) >= 11 is 0. The molecule has 1 fully saturated rings. The Morgan fingerprint density at radius 1 is 1.58 bits per heavy atom. The zero-order valence-electron chi connectivity index (χ0n) is 11.2. The number of nitrogens with zero attached hydrogens (tertiary/aromatic N) is 3. The largest absolute Gasteiger partial charge is 0.480 e. The summed E-state index contributed by atoms with van der Waals surface area (Å²) in [5.74, 6) is -0.608. The first-order valence-electron chi connectivity index (χ1n) is 6.61. The van der Waals surface area contributed by atoms with Crippen molar-refractivity contribution in [2.75, 3.05) is 11.4 Å². The highest BCUT2D eigenvalue weighted by Crippen LogP contribution is 2.26. The Balaban J connectivity index is 2.39. The normalized spacial score (nSPS) is 22.7. The van der Waals surface area contributed by atoms with Gasteiger partial charge in [0.15, 0.2) is 5.82 Å². The summed E-state index contributed by atoms with van der Waals surface area (Å²) in [4.78, 5) is 29.4. The van der Waals surface area contributed by atoms with Crippen molar-refractivity contribution in [3.63, 3.8) is 0 Å². The Labute approximate surface area is 111 Å². The van der Waals surface area contributed by atoms with Crippen molar-refractivity contribution in [2.24, 2.45) is 5.92 Å². The Kier molecular flexibility index (Phi) is 3.87. The maximum absolute atomic E-state index is 12.3. The predicted molar refractivity (Wildman–Crippen MR) is 71.3 cm³/mol. The Morgan fingerprint density at radius 2 is 2.32 bits per heavy atom. The molecular weight excluding hydrogens is 246 g/mol. The van der Waals surface area contributed by atoms with Crippen LogP contribution in [0.4, 0.5) is 5.82 Å². The fraction of sp³-hybridized carbons (Fsp3) is 0.615. The van der Waals surface area contributed by atoms with Crippen LogP contribution in [0.5, 0.6) is 0 Å². The summed E-state index contributed by atoms with van der Waals surface area (Å²) in [6, 6.07) is -0.655. The van der Waals surface area contributed by atoms with Gasteiger partial charge in [-0.15, -0.1) is 0 Å². The van der Waals surface area contributed by atoms with Crippen LogP contribution in [0.2, 0.25) is 0 Å². The van der Waals surface area contributed by atoms with Gasteiger partial charge < -0.3 is 14.6 Å². The number of aryl methyl sites for hydroxylation is 1. The van der Waals surface area contributed by atoms with E-state index in [-0.39, 0.29) is 17.3 Å². The number of hydrogen-bond acceptors (Lipinski definition) is 4. The second-order valence-electron chi connectivity index (χ2n) is 4.99. The van der Waals surface area contributed by atoms with Gasteiger partial charge in [-0.1, -0.05) is 13.8 Å². The van der Waals surface area contributed by atoms with Crippen LogP contribution >= 0.6 is 0 Å². The lowest BCUT2D eigenvalue weighted by atomic mass is 10.0. The minimum absolute atomic E-state index is 0.0264. The third-order valence-corrected chi connectivity index (χ3v) is 3.59.